The summed E-state index contributed by atoms with van der Waals surface area (Å²) in [6.45, 7) is 2.54. The van der Waals surface area contributed by atoms with E-state index in [2.05, 4.69) is 38.8 Å². The molecule has 2 aromatic carbocycles. The Morgan fingerprint density at radius 2 is 2.00 bits per heavy atom. The van der Waals surface area contributed by atoms with Crippen LogP contribution >= 0.6 is 15.9 Å². The maximum absolute atomic E-state index is 11.9. The van der Waals surface area contributed by atoms with Crippen molar-refractivity contribution in [1.82, 2.24) is 9.78 Å². The van der Waals surface area contributed by atoms with E-state index in [0.717, 1.165) is 26.6 Å². The van der Waals surface area contributed by atoms with Crippen LogP contribution in [-0.4, -0.2) is 22.4 Å². The Kier molecular flexibility index (Phi) is 6.19. The highest BCUT2D eigenvalue weighted by Gasteiger charge is 2.22. The van der Waals surface area contributed by atoms with Gasteiger partial charge in [0.15, 0.2) is 0 Å². The van der Waals surface area contributed by atoms with Gasteiger partial charge in [-0.15, -0.1) is 0 Å². The number of fused-ring (bicyclic) bond motifs is 1. The van der Waals surface area contributed by atoms with E-state index in [1.54, 1.807) is 0 Å². The molecule has 1 aliphatic rings. The third kappa shape index (κ3) is 4.47. The van der Waals surface area contributed by atoms with E-state index in [-0.39, 0.29) is 12.4 Å². The first-order chi connectivity index (χ1) is 14.2. The molecule has 0 saturated heterocycles. The standard InChI is InChI=1S/C23H25BrN2O3/c1-2-28-23(27)13-16-7-3-6-10-22(16)29-15-20-19-14-17(24)11-12-21(19)26(25-20)18-8-4-5-9-18/h3,6-7,10-12,14,18H,2,4-5,8-9,13,15H2,1H3. The molecule has 1 heterocycles. The summed E-state index contributed by atoms with van der Waals surface area (Å²) in [6, 6.07) is 14.4. The molecule has 1 aliphatic carbocycles. The molecule has 4 rings (SSSR count). The number of carbonyl (C=O) groups is 1. The second-order valence-corrected chi connectivity index (χ2v) is 8.28. The maximum atomic E-state index is 11.9. The molecular weight excluding hydrogens is 432 g/mol. The van der Waals surface area contributed by atoms with Crippen molar-refractivity contribution >= 4 is 32.8 Å². The summed E-state index contributed by atoms with van der Waals surface area (Å²) in [7, 11) is 0. The molecule has 1 saturated carbocycles. The first-order valence-corrected chi connectivity index (χ1v) is 11.0. The molecule has 0 bridgehead atoms. The molecule has 0 aliphatic heterocycles. The van der Waals surface area contributed by atoms with Gasteiger partial charge in [0, 0.05) is 15.4 Å². The van der Waals surface area contributed by atoms with Crippen LogP contribution in [0.2, 0.25) is 0 Å². The fraction of sp³-hybridized carbons (Fsp3) is 0.391. The highest BCUT2D eigenvalue weighted by molar-refractivity contribution is 9.10. The predicted molar refractivity (Wildman–Crippen MR) is 116 cm³/mol. The molecule has 0 atom stereocenters. The van der Waals surface area contributed by atoms with Crippen molar-refractivity contribution in [3.63, 3.8) is 0 Å². The monoisotopic (exact) mass is 456 g/mol. The molecular formula is C23H25BrN2O3. The van der Waals surface area contributed by atoms with Gasteiger partial charge in [-0.05, 0) is 44.0 Å². The number of aromatic nitrogens is 2. The highest BCUT2D eigenvalue weighted by atomic mass is 79.9. The molecule has 3 aromatic rings. The van der Waals surface area contributed by atoms with E-state index in [0.29, 0.717) is 25.0 Å². The van der Waals surface area contributed by atoms with Crippen LogP contribution in [0.3, 0.4) is 0 Å². The Hall–Kier alpha value is -2.34. The van der Waals surface area contributed by atoms with Gasteiger partial charge in [0.05, 0.1) is 24.6 Å². The van der Waals surface area contributed by atoms with Crippen LogP contribution in [0.15, 0.2) is 46.9 Å². The number of nitrogens with zero attached hydrogens (tertiary/aromatic N) is 2. The zero-order chi connectivity index (χ0) is 20.2. The minimum absolute atomic E-state index is 0.201. The average molecular weight is 457 g/mol. The van der Waals surface area contributed by atoms with Gasteiger partial charge >= 0.3 is 5.97 Å². The molecule has 5 nitrogen and oxygen atoms in total. The van der Waals surface area contributed by atoms with Gasteiger partial charge in [-0.25, -0.2) is 0 Å². The summed E-state index contributed by atoms with van der Waals surface area (Å²) in [4.78, 5) is 11.9. The Labute approximate surface area is 179 Å². The summed E-state index contributed by atoms with van der Waals surface area (Å²) in [5.74, 6) is 0.447. The number of ether oxygens (including phenoxy) is 2. The Morgan fingerprint density at radius 3 is 2.79 bits per heavy atom. The minimum atomic E-state index is -0.247. The molecule has 0 amide bonds. The van der Waals surface area contributed by atoms with Crippen molar-refractivity contribution in [3.8, 4) is 5.75 Å². The zero-order valence-corrected chi connectivity index (χ0v) is 18.2. The lowest BCUT2D eigenvalue weighted by Gasteiger charge is -2.11. The predicted octanol–water partition coefficient (Wildman–Crippen LogP) is 5.60. The van der Waals surface area contributed by atoms with Crippen LogP contribution in [0.25, 0.3) is 10.9 Å². The van der Waals surface area contributed by atoms with Crippen molar-refractivity contribution in [2.24, 2.45) is 0 Å². The first-order valence-electron chi connectivity index (χ1n) is 10.2. The fourth-order valence-electron chi connectivity index (χ4n) is 4.02. The van der Waals surface area contributed by atoms with Crippen molar-refractivity contribution < 1.29 is 14.3 Å². The van der Waals surface area contributed by atoms with Crippen molar-refractivity contribution in [1.29, 1.82) is 0 Å². The van der Waals surface area contributed by atoms with Crippen LogP contribution in [-0.2, 0) is 22.6 Å². The summed E-state index contributed by atoms with van der Waals surface area (Å²) in [5.41, 5.74) is 2.89. The van der Waals surface area contributed by atoms with Crippen LogP contribution in [0.1, 0.15) is 49.9 Å². The second kappa shape index (κ2) is 8.99. The smallest absolute Gasteiger partial charge is 0.310 e. The topological polar surface area (TPSA) is 53.4 Å². The Bertz CT molecular complexity index is 1010. The lowest BCUT2D eigenvalue weighted by atomic mass is 10.1. The lowest BCUT2D eigenvalue weighted by Crippen LogP contribution is -2.09. The number of halogens is 1. The molecule has 152 valence electrons. The molecule has 0 spiro atoms. The van der Waals surface area contributed by atoms with Gasteiger partial charge in [0.1, 0.15) is 18.1 Å². The number of carbonyl (C=O) groups excluding carboxylic acids is 1. The summed E-state index contributed by atoms with van der Waals surface area (Å²) in [6.07, 6.45) is 5.07. The summed E-state index contributed by atoms with van der Waals surface area (Å²) >= 11 is 3.58. The lowest BCUT2D eigenvalue weighted by molar-refractivity contribution is -0.142. The molecule has 1 fully saturated rings. The fourth-order valence-corrected chi connectivity index (χ4v) is 4.38. The van der Waals surface area contributed by atoms with Crippen molar-refractivity contribution in [2.75, 3.05) is 6.61 Å². The number of hydrogen-bond acceptors (Lipinski definition) is 4. The van der Waals surface area contributed by atoms with Gasteiger partial charge in [-0.1, -0.05) is 47.0 Å². The van der Waals surface area contributed by atoms with Gasteiger partial charge in [-0.2, -0.15) is 5.10 Å². The van der Waals surface area contributed by atoms with E-state index in [9.17, 15) is 4.79 Å². The second-order valence-electron chi connectivity index (χ2n) is 7.37. The van der Waals surface area contributed by atoms with E-state index >= 15 is 0 Å². The third-order valence-electron chi connectivity index (χ3n) is 5.39. The van der Waals surface area contributed by atoms with Gasteiger partial charge in [-0.3, -0.25) is 9.48 Å². The SMILES string of the molecule is CCOC(=O)Cc1ccccc1OCc1nn(C2CCCC2)c2ccc(Br)cc12. The largest absolute Gasteiger partial charge is 0.487 e. The van der Waals surface area contributed by atoms with E-state index in [4.69, 9.17) is 14.6 Å². The minimum Gasteiger partial charge on any atom is -0.487 e. The van der Waals surface area contributed by atoms with E-state index < -0.39 is 0 Å². The van der Waals surface area contributed by atoms with Crippen LogP contribution in [0.4, 0.5) is 0 Å². The number of esters is 1. The molecule has 0 N–H and O–H groups in total. The molecule has 29 heavy (non-hydrogen) atoms. The van der Waals surface area contributed by atoms with Crippen LogP contribution in [0, 0.1) is 0 Å². The van der Waals surface area contributed by atoms with E-state index in [1.165, 1.54) is 25.7 Å². The van der Waals surface area contributed by atoms with Crippen molar-refractivity contribution in [2.45, 2.75) is 51.7 Å². The number of rotatable bonds is 7. The third-order valence-corrected chi connectivity index (χ3v) is 5.89. The molecule has 0 radical (unpaired) electrons. The maximum Gasteiger partial charge on any atom is 0.310 e. The van der Waals surface area contributed by atoms with Gasteiger partial charge in [0.25, 0.3) is 0 Å². The van der Waals surface area contributed by atoms with Crippen LogP contribution < -0.4 is 4.74 Å². The number of benzene rings is 2. The quantitative estimate of drug-likeness (QED) is 0.434. The normalized spacial score (nSPS) is 14.4. The summed E-state index contributed by atoms with van der Waals surface area (Å²) in [5, 5.41) is 6.03. The first kappa shape index (κ1) is 20.0. The van der Waals surface area contributed by atoms with Gasteiger partial charge in [0.2, 0.25) is 0 Å². The zero-order valence-electron chi connectivity index (χ0n) is 16.6. The van der Waals surface area contributed by atoms with Gasteiger partial charge < -0.3 is 9.47 Å². The van der Waals surface area contributed by atoms with E-state index in [1.807, 2.05) is 31.2 Å². The molecule has 0 unspecified atom stereocenters. The highest BCUT2D eigenvalue weighted by Crippen LogP contribution is 2.34. The Morgan fingerprint density at radius 1 is 1.21 bits per heavy atom. The van der Waals surface area contributed by atoms with Crippen LogP contribution in [0.5, 0.6) is 5.75 Å². The average Bonchev–Trinajstić information content (AvgIpc) is 3.35. The summed E-state index contributed by atoms with van der Waals surface area (Å²) < 4.78 is 14.4. The van der Waals surface area contributed by atoms with Crippen molar-refractivity contribution in [3.05, 3.63) is 58.2 Å². The molecule has 6 heteroatoms. The number of para-hydroxylation sites is 1. The molecule has 1 aromatic heterocycles. The Balaban J connectivity index is 1.59. The number of hydrogen-bond donors (Lipinski definition) is 0.